The summed E-state index contributed by atoms with van der Waals surface area (Å²) in [7, 11) is 3.04. The zero-order valence-corrected chi connectivity index (χ0v) is 53.8. The number of hydrogen-bond acceptors (Lipinski definition) is 14. The molecule has 2 fully saturated rings. The average Bonchev–Trinajstić information content (AvgIpc) is 1.53. The van der Waals surface area contributed by atoms with Crippen molar-refractivity contribution in [1.82, 2.24) is 21.3 Å². The Balaban J connectivity index is 1.08. The maximum absolute atomic E-state index is 15.5. The van der Waals surface area contributed by atoms with Crippen LogP contribution in [0.5, 0.6) is 11.5 Å². The van der Waals surface area contributed by atoms with E-state index < -0.39 is 133 Å². The fraction of sp³-hybridized carbons (Fsp3) is 0.414. The predicted octanol–water partition coefficient (Wildman–Crippen LogP) is 12.2. The lowest BCUT2D eigenvalue weighted by atomic mass is 9.82. The molecule has 10 atom stereocenters. The molecule has 1 aliphatic carbocycles. The van der Waals surface area contributed by atoms with Crippen molar-refractivity contribution in [3.63, 3.8) is 0 Å². The first kappa shape index (κ1) is 71.3. The number of carbonyl (C=O) groups excluding carboxylic acids is 5. The molecule has 514 valence electrons. The second-order valence-electron chi connectivity index (χ2n) is 24.6. The number of esters is 1. The molecule has 0 aromatic heterocycles. The Bertz CT molecular complexity index is 3590. The second kappa shape index (κ2) is 31.7. The zero-order chi connectivity index (χ0) is 68.9. The van der Waals surface area contributed by atoms with Crippen molar-refractivity contribution < 1.29 is 92.9 Å². The summed E-state index contributed by atoms with van der Waals surface area (Å²) >= 11 is 0. The van der Waals surface area contributed by atoms with Crippen LogP contribution in [0.1, 0.15) is 86.8 Å². The van der Waals surface area contributed by atoms with Crippen LogP contribution >= 0.6 is 0 Å². The van der Waals surface area contributed by atoms with Gasteiger partial charge in [-0.15, -0.1) is 0 Å². The number of nitrogens with one attached hydrogen (secondary N) is 6. The van der Waals surface area contributed by atoms with Crippen molar-refractivity contribution in [1.29, 1.82) is 0 Å². The first-order chi connectivity index (χ1) is 45.7. The predicted molar refractivity (Wildman–Crippen MR) is 341 cm³/mol. The van der Waals surface area contributed by atoms with Crippen LogP contribution in [0, 0.1) is 11.8 Å². The number of urea groups is 2. The summed E-state index contributed by atoms with van der Waals surface area (Å²) in [6.07, 6.45) is -16.6. The number of hydrogen-bond donors (Lipinski definition) is 6. The van der Waals surface area contributed by atoms with E-state index in [-0.39, 0.29) is 56.7 Å². The molecule has 2 aliphatic heterocycles. The van der Waals surface area contributed by atoms with E-state index in [1.54, 1.807) is 64.1 Å². The van der Waals surface area contributed by atoms with Crippen LogP contribution < -0.4 is 41.4 Å². The minimum atomic E-state index is -4.78. The van der Waals surface area contributed by atoms with Crippen LogP contribution in [0.2, 0.25) is 0 Å². The molecular weight excluding hydrogens is 1260 g/mol. The average molecular weight is 1340 g/mol. The molecule has 26 heteroatoms. The highest BCUT2D eigenvalue weighted by Gasteiger charge is 2.50. The molecule has 0 bridgehead atoms. The van der Waals surface area contributed by atoms with Crippen molar-refractivity contribution in [2.45, 2.75) is 133 Å². The summed E-state index contributed by atoms with van der Waals surface area (Å²) in [6, 6.07) is 29.6. The summed E-state index contributed by atoms with van der Waals surface area (Å²) in [5, 5.41) is 16.1. The summed E-state index contributed by atoms with van der Waals surface area (Å²) in [5.74, 6) is -1.95. The third kappa shape index (κ3) is 19.2. The number of carbonyl (C=O) groups is 5. The Morgan fingerprint density at radius 3 is 1.64 bits per heavy atom. The highest BCUT2D eigenvalue weighted by molar-refractivity contribution is 5.91. The fourth-order valence-electron chi connectivity index (χ4n) is 11.7. The quantitative estimate of drug-likeness (QED) is 0.0244. The minimum Gasteiger partial charge on any atom is -0.497 e. The van der Waals surface area contributed by atoms with E-state index in [1.165, 1.54) is 26.4 Å². The van der Waals surface area contributed by atoms with Gasteiger partial charge in [0, 0.05) is 23.7 Å². The standard InChI is InChI=1S/C70H78F6N6O14/c1-40-41(2)60(82-66(86)78-47-17-13-15-45(33-47)70(74,75)76)64(94-57(40)38-90-34-42-22-26-48(88-6)27-23-42)95-62-56(79-65(85)77-46-16-12-14-44(32-46)69(71,72)73)37-92-58(39-91-35-43-24-28-49(89-7)29-25-43)61(62)81-63(84)55(30-31-59(83)96-68(3,4)5)80-67(87)93-36-54-52-20-10-8-18-50(52)51-19-9-11-21-53(51)54/h8-29,32-33,40-41,54-58,60-62,64H,30-31,34-39H2,1-7H3,(H,80,87)(H,81,84)(H2,77,79,85)(H2,78,82,86)/t40-,41-,55?,56?,57?,58?,60?,61-,62+,64-/m0/s1. The number of rotatable bonds is 24. The third-order valence-electron chi connectivity index (χ3n) is 16.8. The molecule has 6 amide bonds. The van der Waals surface area contributed by atoms with E-state index in [0.717, 1.165) is 64.2 Å². The zero-order valence-electron chi connectivity index (χ0n) is 53.8. The number of alkyl carbamates (subject to hydrolysis) is 1. The molecule has 3 aliphatic rings. The maximum Gasteiger partial charge on any atom is 0.416 e. The van der Waals surface area contributed by atoms with Crippen LogP contribution in [-0.2, 0) is 68.3 Å². The van der Waals surface area contributed by atoms with Crippen LogP contribution in [0.3, 0.4) is 0 Å². The molecule has 2 saturated heterocycles. The van der Waals surface area contributed by atoms with E-state index in [9.17, 15) is 45.5 Å². The highest BCUT2D eigenvalue weighted by atomic mass is 19.4. The first-order valence-electron chi connectivity index (χ1n) is 31.2. The van der Waals surface area contributed by atoms with Crippen LogP contribution in [0.25, 0.3) is 11.1 Å². The lowest BCUT2D eigenvalue weighted by Gasteiger charge is -2.49. The molecule has 2 heterocycles. The number of ether oxygens (including phenoxy) is 9. The SMILES string of the molecule is COc1ccc(COCC2O[C@@H](O[C@@H]3C(NC(=O)Nc4cccc(C(F)(F)F)c4)COC(COCc4ccc(OC)cc4)[C@@H]3NC(=O)C(CCC(=O)OC(C)(C)C)NC(=O)OCC3c4ccccc4-c4ccccc43)C(NC(=O)Nc3cccc(C(F)(F)F)c3)[C@@H](C)[C@@H]2C)cc1. The molecule has 0 saturated carbocycles. The molecule has 6 aromatic carbocycles. The van der Waals surface area contributed by atoms with Gasteiger partial charge in [0.25, 0.3) is 0 Å². The van der Waals surface area contributed by atoms with Gasteiger partial charge in [0.2, 0.25) is 5.91 Å². The maximum atomic E-state index is 15.5. The molecule has 6 N–H and O–H groups in total. The van der Waals surface area contributed by atoms with Gasteiger partial charge in [-0.3, -0.25) is 9.59 Å². The van der Waals surface area contributed by atoms with Gasteiger partial charge in [-0.1, -0.05) is 98.8 Å². The van der Waals surface area contributed by atoms with Gasteiger partial charge in [-0.05, 0) is 133 Å². The normalized spacial score (nSPS) is 21.3. The number of amides is 6. The largest absolute Gasteiger partial charge is 0.497 e. The Labute approximate surface area is 551 Å². The Hall–Kier alpha value is -8.95. The second-order valence-corrected chi connectivity index (χ2v) is 24.6. The third-order valence-corrected chi connectivity index (χ3v) is 16.8. The van der Waals surface area contributed by atoms with Crippen molar-refractivity contribution in [2.24, 2.45) is 11.8 Å². The number of anilines is 2. The number of fused-ring (bicyclic) bond motifs is 3. The van der Waals surface area contributed by atoms with Gasteiger partial charge in [0.05, 0.1) is 82.6 Å². The summed E-state index contributed by atoms with van der Waals surface area (Å²) < 4.78 is 139. The molecule has 5 unspecified atom stereocenters. The topological polar surface area (TPSA) is 241 Å². The van der Waals surface area contributed by atoms with E-state index in [1.807, 2.05) is 67.6 Å². The van der Waals surface area contributed by atoms with Gasteiger partial charge in [-0.25, -0.2) is 14.4 Å². The van der Waals surface area contributed by atoms with Gasteiger partial charge < -0.3 is 74.5 Å². The molecule has 0 radical (unpaired) electrons. The Morgan fingerprint density at radius 2 is 1.11 bits per heavy atom. The van der Waals surface area contributed by atoms with Gasteiger partial charge in [0.15, 0.2) is 6.29 Å². The first-order valence-corrected chi connectivity index (χ1v) is 31.2. The molecule has 20 nitrogen and oxygen atoms in total. The molecule has 6 aromatic rings. The monoisotopic (exact) mass is 1340 g/mol. The molecule has 96 heavy (non-hydrogen) atoms. The number of benzene rings is 6. The van der Waals surface area contributed by atoms with Crippen molar-refractivity contribution in [3.8, 4) is 22.6 Å². The minimum absolute atomic E-state index is 0.0225. The lowest BCUT2D eigenvalue weighted by Crippen LogP contribution is -2.69. The van der Waals surface area contributed by atoms with E-state index in [0.29, 0.717) is 17.1 Å². The smallest absolute Gasteiger partial charge is 0.416 e. The number of alkyl halides is 6. The lowest BCUT2D eigenvalue weighted by molar-refractivity contribution is -0.277. The van der Waals surface area contributed by atoms with Crippen molar-refractivity contribution >= 4 is 41.4 Å². The Morgan fingerprint density at radius 1 is 0.594 bits per heavy atom. The Kier molecular flexibility index (Phi) is 23.6. The molecule has 9 rings (SSSR count). The molecular formula is C70H78F6N6O14. The van der Waals surface area contributed by atoms with Gasteiger partial charge in [0.1, 0.15) is 42.0 Å². The summed E-state index contributed by atoms with van der Waals surface area (Å²) in [5.41, 5.74) is 1.70. The van der Waals surface area contributed by atoms with E-state index >= 15 is 4.79 Å². The van der Waals surface area contributed by atoms with Gasteiger partial charge in [-0.2, -0.15) is 26.3 Å². The van der Waals surface area contributed by atoms with Crippen LogP contribution in [-0.4, -0.2) is 125 Å². The fourth-order valence-corrected chi connectivity index (χ4v) is 11.7. The van der Waals surface area contributed by atoms with Crippen LogP contribution in [0.15, 0.2) is 146 Å². The number of methoxy groups -OCH3 is 2. The highest BCUT2D eigenvalue weighted by Crippen LogP contribution is 2.45. The van der Waals surface area contributed by atoms with Crippen molar-refractivity contribution in [2.75, 3.05) is 51.3 Å². The van der Waals surface area contributed by atoms with Gasteiger partial charge >= 0.3 is 36.5 Å². The van der Waals surface area contributed by atoms with Crippen molar-refractivity contribution in [3.05, 3.63) is 179 Å². The van der Waals surface area contributed by atoms with E-state index in [4.69, 9.17) is 42.6 Å². The van der Waals surface area contributed by atoms with Crippen LogP contribution in [0.4, 0.5) is 52.1 Å². The summed E-state index contributed by atoms with van der Waals surface area (Å²) in [4.78, 5) is 71.7. The van der Waals surface area contributed by atoms with E-state index in [2.05, 4.69) is 31.9 Å². The molecule has 0 spiro atoms. The number of halogens is 6. The summed E-state index contributed by atoms with van der Waals surface area (Å²) in [6.45, 7) is 7.69.